The van der Waals surface area contributed by atoms with Crippen LogP contribution in [0.3, 0.4) is 0 Å². The molecule has 0 heterocycles. The van der Waals surface area contributed by atoms with Gasteiger partial charge >= 0.3 is 29.6 Å². The molecule has 1 aromatic carbocycles. The van der Waals surface area contributed by atoms with Gasteiger partial charge in [0, 0.05) is 0 Å². The zero-order valence-electron chi connectivity index (χ0n) is 8.13. The van der Waals surface area contributed by atoms with Crippen molar-refractivity contribution in [3.05, 3.63) is 18.2 Å². The molecule has 0 saturated carbocycles. The molecule has 0 aliphatic carbocycles. The first-order valence-corrected chi connectivity index (χ1v) is 4.78. The topological polar surface area (TPSA) is 95.9 Å². The molecular weight excluding hydrogens is 235 g/mol. The normalized spacial score (nSPS) is 10.3. The molecule has 0 spiro atoms. The van der Waals surface area contributed by atoms with Gasteiger partial charge in [-0.3, -0.25) is 0 Å². The number of methoxy groups -OCH3 is 1. The Morgan fingerprint density at radius 1 is 1.33 bits per heavy atom. The van der Waals surface area contributed by atoms with Crippen molar-refractivity contribution in [1.29, 1.82) is 0 Å². The first-order valence-electron chi connectivity index (χ1n) is 3.45. The minimum atomic E-state index is -4.89. The average molecular weight is 242 g/mol. The Labute approximate surface area is 109 Å². The zero-order chi connectivity index (χ0) is 10.8. The quantitative estimate of drug-likeness (QED) is 0.350. The van der Waals surface area contributed by atoms with E-state index in [1.165, 1.54) is 19.2 Å². The van der Waals surface area contributed by atoms with Crippen LogP contribution in [0, 0.1) is 0 Å². The van der Waals surface area contributed by atoms with Gasteiger partial charge in [-0.05, 0) is 12.1 Å². The first kappa shape index (κ1) is 14.5. The number of para-hydroxylation sites is 1. The monoisotopic (exact) mass is 242 g/mol. The molecule has 1 N–H and O–H groups in total. The standard InChI is InChI=1S/C7H8O6S.Na/c1-12-5-3-2-4-6(7(5)8)13-14(9,10)11;/h2-4,8H,1H3,(H,9,10,11);/q;+1/p-1. The Kier molecular flexibility index (Phi) is 5.39. The molecular formula is C7H7NaO6S. The molecule has 0 saturated heterocycles. The van der Waals surface area contributed by atoms with Crippen molar-refractivity contribution in [1.82, 2.24) is 0 Å². The summed E-state index contributed by atoms with van der Waals surface area (Å²) < 4.78 is 39.3. The summed E-state index contributed by atoms with van der Waals surface area (Å²) in [5.74, 6) is -0.972. The average Bonchev–Trinajstić information content (AvgIpc) is 2.06. The minimum absolute atomic E-state index is 0. The molecule has 0 atom stereocenters. The number of hydrogen-bond donors (Lipinski definition) is 1. The van der Waals surface area contributed by atoms with E-state index in [1.54, 1.807) is 0 Å². The summed E-state index contributed by atoms with van der Waals surface area (Å²) in [5.41, 5.74) is 0. The fourth-order valence-electron chi connectivity index (χ4n) is 0.844. The summed E-state index contributed by atoms with van der Waals surface area (Å²) in [6.07, 6.45) is 0. The Balaban J connectivity index is 0.00000196. The Hall–Kier alpha value is -0.470. The third-order valence-electron chi connectivity index (χ3n) is 1.37. The molecule has 0 aliphatic rings. The van der Waals surface area contributed by atoms with E-state index in [1.807, 2.05) is 0 Å². The Morgan fingerprint density at radius 2 is 1.87 bits per heavy atom. The number of phenols is 1. The molecule has 1 aromatic rings. The van der Waals surface area contributed by atoms with Gasteiger partial charge in [-0.1, -0.05) is 6.07 Å². The second-order valence-electron chi connectivity index (χ2n) is 2.30. The molecule has 1 rings (SSSR count). The summed E-state index contributed by atoms with van der Waals surface area (Å²) >= 11 is 0. The molecule has 8 heteroatoms. The van der Waals surface area contributed by atoms with Gasteiger partial charge in [0.15, 0.2) is 11.5 Å². The van der Waals surface area contributed by atoms with Gasteiger partial charge < -0.3 is 18.6 Å². The van der Waals surface area contributed by atoms with Gasteiger partial charge in [0.1, 0.15) is 0 Å². The molecule has 0 aromatic heterocycles. The number of benzene rings is 1. The van der Waals surface area contributed by atoms with Crippen LogP contribution >= 0.6 is 0 Å². The fraction of sp³-hybridized carbons (Fsp3) is 0.143. The van der Waals surface area contributed by atoms with Crippen molar-refractivity contribution in [2.45, 2.75) is 0 Å². The number of rotatable bonds is 3. The SMILES string of the molecule is COc1cccc(OS(=O)(=O)[O-])c1O.[Na+]. The number of hydrogen-bond acceptors (Lipinski definition) is 6. The van der Waals surface area contributed by atoms with Crippen LogP contribution in [0.25, 0.3) is 0 Å². The second-order valence-corrected chi connectivity index (χ2v) is 3.28. The van der Waals surface area contributed by atoms with E-state index in [0.29, 0.717) is 0 Å². The van der Waals surface area contributed by atoms with E-state index in [0.717, 1.165) is 6.07 Å². The van der Waals surface area contributed by atoms with Gasteiger partial charge in [-0.25, -0.2) is 8.42 Å². The van der Waals surface area contributed by atoms with Gasteiger partial charge in [-0.15, -0.1) is 0 Å². The molecule has 6 nitrogen and oxygen atoms in total. The van der Waals surface area contributed by atoms with Crippen molar-refractivity contribution < 1.29 is 56.6 Å². The molecule has 0 aliphatic heterocycles. The van der Waals surface area contributed by atoms with Crippen LogP contribution in [-0.4, -0.2) is 25.2 Å². The van der Waals surface area contributed by atoms with Crippen LogP contribution in [-0.2, 0) is 10.4 Å². The Bertz CT molecular complexity index is 429. The predicted octanol–water partition coefficient (Wildman–Crippen LogP) is -2.76. The van der Waals surface area contributed by atoms with E-state index >= 15 is 0 Å². The molecule has 0 fully saturated rings. The van der Waals surface area contributed by atoms with Crippen LogP contribution in [0.1, 0.15) is 0 Å². The van der Waals surface area contributed by atoms with Crippen LogP contribution in [0.5, 0.6) is 17.2 Å². The smallest absolute Gasteiger partial charge is 0.716 e. The summed E-state index contributed by atoms with van der Waals surface area (Å²) in [6.45, 7) is 0. The van der Waals surface area contributed by atoms with Gasteiger partial charge in [0.05, 0.1) is 7.11 Å². The van der Waals surface area contributed by atoms with E-state index < -0.39 is 21.9 Å². The number of ether oxygens (including phenoxy) is 1. The van der Waals surface area contributed by atoms with Crippen molar-refractivity contribution in [2.75, 3.05) is 7.11 Å². The Morgan fingerprint density at radius 3 is 2.33 bits per heavy atom. The van der Waals surface area contributed by atoms with Crippen LogP contribution in [0.2, 0.25) is 0 Å². The van der Waals surface area contributed by atoms with Crippen molar-refractivity contribution in [3.63, 3.8) is 0 Å². The van der Waals surface area contributed by atoms with Crippen molar-refractivity contribution in [3.8, 4) is 17.2 Å². The summed E-state index contributed by atoms with van der Waals surface area (Å²) in [7, 11) is -3.61. The molecule has 15 heavy (non-hydrogen) atoms. The number of phenolic OH excluding ortho intramolecular Hbond substituents is 1. The zero-order valence-corrected chi connectivity index (χ0v) is 10.9. The summed E-state index contributed by atoms with van der Waals surface area (Å²) in [5, 5.41) is 9.30. The van der Waals surface area contributed by atoms with Crippen LogP contribution < -0.4 is 38.5 Å². The van der Waals surface area contributed by atoms with Crippen LogP contribution in [0.15, 0.2) is 18.2 Å². The minimum Gasteiger partial charge on any atom is -0.716 e. The summed E-state index contributed by atoms with van der Waals surface area (Å²) in [4.78, 5) is 0. The predicted molar refractivity (Wildman–Crippen MR) is 45.0 cm³/mol. The molecule has 0 radical (unpaired) electrons. The molecule has 0 unspecified atom stereocenters. The maximum absolute atomic E-state index is 10.2. The van der Waals surface area contributed by atoms with E-state index in [9.17, 15) is 18.1 Å². The first-order chi connectivity index (χ1) is 6.44. The third-order valence-corrected chi connectivity index (χ3v) is 1.76. The molecule has 78 valence electrons. The van der Waals surface area contributed by atoms with Crippen molar-refractivity contribution >= 4 is 10.4 Å². The summed E-state index contributed by atoms with van der Waals surface area (Å²) in [6, 6.07) is 3.89. The molecule has 0 bridgehead atoms. The van der Waals surface area contributed by atoms with Crippen molar-refractivity contribution in [2.24, 2.45) is 0 Å². The third kappa shape index (κ3) is 4.27. The van der Waals surface area contributed by atoms with E-state index in [2.05, 4.69) is 8.92 Å². The van der Waals surface area contributed by atoms with Gasteiger partial charge in [0.2, 0.25) is 5.75 Å². The number of aromatic hydroxyl groups is 1. The largest absolute Gasteiger partial charge is 1.00 e. The molecule has 0 amide bonds. The maximum atomic E-state index is 10.2. The van der Waals surface area contributed by atoms with Crippen LogP contribution in [0.4, 0.5) is 0 Å². The van der Waals surface area contributed by atoms with E-state index in [-0.39, 0.29) is 35.3 Å². The van der Waals surface area contributed by atoms with E-state index in [4.69, 9.17) is 0 Å². The second kappa shape index (κ2) is 5.57. The van der Waals surface area contributed by atoms with Gasteiger partial charge in [-0.2, -0.15) is 0 Å². The maximum Gasteiger partial charge on any atom is 1.00 e. The van der Waals surface area contributed by atoms with Gasteiger partial charge in [0.25, 0.3) is 10.4 Å². The fourth-order valence-corrected chi connectivity index (χ4v) is 1.20.